The third-order valence-corrected chi connectivity index (χ3v) is 6.72. The van der Waals surface area contributed by atoms with Crippen molar-refractivity contribution in [3.8, 4) is 0 Å². The van der Waals surface area contributed by atoms with E-state index in [1.54, 1.807) is 12.1 Å². The van der Waals surface area contributed by atoms with Gasteiger partial charge in [0.05, 0.1) is 29.8 Å². The summed E-state index contributed by atoms with van der Waals surface area (Å²) in [5, 5.41) is 0. The second-order valence-corrected chi connectivity index (χ2v) is 9.32. The number of carbonyl (C=O) groups excluding carboxylic acids is 1. The van der Waals surface area contributed by atoms with E-state index in [2.05, 4.69) is 0 Å². The molecule has 0 N–H and O–H groups in total. The van der Waals surface area contributed by atoms with Crippen molar-refractivity contribution in [1.29, 1.82) is 0 Å². The highest BCUT2D eigenvalue weighted by Crippen LogP contribution is 2.48. The van der Waals surface area contributed by atoms with Crippen molar-refractivity contribution in [2.24, 2.45) is 5.92 Å². The summed E-state index contributed by atoms with van der Waals surface area (Å²) in [7, 11) is 0. The van der Waals surface area contributed by atoms with E-state index in [9.17, 15) is 4.79 Å². The Morgan fingerprint density at radius 1 is 1.03 bits per heavy atom. The number of carbonyl (C=O) groups is 1. The average Bonchev–Trinajstić information content (AvgIpc) is 3.34. The van der Waals surface area contributed by atoms with Crippen LogP contribution in [0.15, 0.2) is 30.3 Å². The van der Waals surface area contributed by atoms with Gasteiger partial charge in [0.25, 0.3) is 0 Å². The summed E-state index contributed by atoms with van der Waals surface area (Å²) in [6.45, 7) is 4.42. The molecule has 4 fully saturated rings. The predicted molar refractivity (Wildman–Crippen MR) is 104 cm³/mol. The van der Waals surface area contributed by atoms with Gasteiger partial charge in [-0.1, -0.05) is 37.5 Å². The third kappa shape index (κ3) is 3.72. The van der Waals surface area contributed by atoms with Gasteiger partial charge in [-0.05, 0) is 45.2 Å². The maximum absolute atomic E-state index is 12.8. The summed E-state index contributed by atoms with van der Waals surface area (Å²) in [4.78, 5) is 12.8. The van der Waals surface area contributed by atoms with Crippen LogP contribution in [-0.2, 0) is 23.7 Å². The van der Waals surface area contributed by atoms with Crippen LogP contribution in [0.5, 0.6) is 0 Å². The van der Waals surface area contributed by atoms with Crippen molar-refractivity contribution in [3.05, 3.63) is 35.9 Å². The van der Waals surface area contributed by atoms with Gasteiger partial charge in [-0.2, -0.15) is 0 Å². The topological polar surface area (TPSA) is 63.2 Å². The van der Waals surface area contributed by atoms with Gasteiger partial charge in [0, 0.05) is 0 Å². The predicted octanol–water partition coefficient (Wildman–Crippen LogP) is 3.83. The highest BCUT2D eigenvalue weighted by Gasteiger charge is 2.59. The zero-order valence-corrected chi connectivity index (χ0v) is 17.2. The van der Waals surface area contributed by atoms with Crippen LogP contribution >= 0.6 is 0 Å². The minimum absolute atomic E-state index is 0.102. The summed E-state index contributed by atoms with van der Waals surface area (Å²) < 4.78 is 30.9. The van der Waals surface area contributed by atoms with E-state index in [0.717, 1.165) is 12.8 Å². The van der Waals surface area contributed by atoms with Crippen LogP contribution in [-0.4, -0.2) is 48.6 Å². The van der Waals surface area contributed by atoms with Crippen LogP contribution in [0.3, 0.4) is 0 Å². The molecule has 0 bridgehead atoms. The number of hydrogen-bond acceptors (Lipinski definition) is 6. The first kappa shape index (κ1) is 19.5. The van der Waals surface area contributed by atoms with Crippen LogP contribution in [0.1, 0.15) is 62.7 Å². The fourth-order valence-electron chi connectivity index (χ4n) is 5.37. The summed E-state index contributed by atoms with van der Waals surface area (Å²) in [6.07, 6.45) is 5.11. The molecule has 0 aromatic heterocycles. The molecule has 5 rings (SSSR count). The Bertz CT molecular complexity index is 741. The first-order valence-corrected chi connectivity index (χ1v) is 10.9. The number of benzene rings is 1. The zero-order chi connectivity index (χ0) is 20.1. The fraction of sp³-hybridized carbons (Fsp3) is 0.696. The molecule has 6 heteroatoms. The quantitative estimate of drug-likeness (QED) is 0.716. The van der Waals surface area contributed by atoms with Crippen molar-refractivity contribution >= 4 is 5.97 Å². The van der Waals surface area contributed by atoms with Crippen LogP contribution in [0, 0.1) is 5.92 Å². The Labute approximate surface area is 171 Å². The monoisotopic (exact) mass is 402 g/mol. The minimum atomic E-state index is -0.681. The minimum Gasteiger partial charge on any atom is -0.455 e. The molecular weight excluding hydrogens is 372 g/mol. The van der Waals surface area contributed by atoms with E-state index in [0.29, 0.717) is 18.6 Å². The standard InChI is InChI=1S/C23H30O6/c1-22(2)27-17-13-16(21-25-14-23(29-21)11-7-4-8-12-23)18(19(17)28-22)26-20(24)15-9-5-3-6-10-15/h3,5-6,9-10,16-19,21H,4,7-8,11-14H2,1-2H3/t16-,17-,18+,19-,21-/m0/s1. The van der Waals surface area contributed by atoms with Crippen LogP contribution in [0.25, 0.3) is 0 Å². The van der Waals surface area contributed by atoms with Gasteiger partial charge in [-0.25, -0.2) is 4.79 Å². The lowest BCUT2D eigenvalue weighted by atomic mass is 9.85. The van der Waals surface area contributed by atoms with E-state index in [1.165, 1.54) is 19.3 Å². The van der Waals surface area contributed by atoms with Crippen molar-refractivity contribution in [1.82, 2.24) is 0 Å². The van der Waals surface area contributed by atoms with E-state index in [1.807, 2.05) is 32.0 Å². The molecule has 2 aliphatic carbocycles. The second kappa shape index (κ2) is 7.34. The van der Waals surface area contributed by atoms with Gasteiger partial charge in [0.1, 0.15) is 12.2 Å². The lowest BCUT2D eigenvalue weighted by Gasteiger charge is -2.33. The van der Waals surface area contributed by atoms with Crippen molar-refractivity contribution < 1.29 is 28.5 Å². The van der Waals surface area contributed by atoms with E-state index >= 15 is 0 Å². The molecule has 1 aromatic rings. The number of ether oxygens (including phenoxy) is 5. The highest BCUT2D eigenvalue weighted by molar-refractivity contribution is 5.89. The Hall–Kier alpha value is -1.47. The first-order valence-electron chi connectivity index (χ1n) is 10.9. The fourth-order valence-corrected chi connectivity index (χ4v) is 5.37. The van der Waals surface area contributed by atoms with Gasteiger partial charge < -0.3 is 23.7 Å². The second-order valence-electron chi connectivity index (χ2n) is 9.32. The maximum atomic E-state index is 12.8. The molecule has 29 heavy (non-hydrogen) atoms. The zero-order valence-electron chi connectivity index (χ0n) is 17.2. The highest BCUT2D eigenvalue weighted by atomic mass is 16.8. The number of rotatable bonds is 3. The summed E-state index contributed by atoms with van der Waals surface area (Å²) in [5.74, 6) is -1.13. The molecule has 2 saturated carbocycles. The van der Waals surface area contributed by atoms with Gasteiger partial charge >= 0.3 is 5.97 Å². The SMILES string of the molecule is CC1(C)O[C@@H]2[C@H](OC(=O)c3ccccc3)[C@@H]([C@H]3OCC4(CCCCC4)O3)C[C@@H]2O1. The van der Waals surface area contributed by atoms with E-state index in [4.69, 9.17) is 23.7 Å². The number of esters is 1. The van der Waals surface area contributed by atoms with Gasteiger partial charge in [0.15, 0.2) is 12.1 Å². The molecule has 2 saturated heterocycles. The van der Waals surface area contributed by atoms with Gasteiger partial charge in [-0.15, -0.1) is 0 Å². The molecule has 0 radical (unpaired) electrons. The average molecular weight is 402 g/mol. The normalized spacial score (nSPS) is 37.5. The molecule has 0 unspecified atom stereocenters. The molecule has 158 valence electrons. The Morgan fingerprint density at radius 2 is 1.79 bits per heavy atom. The Morgan fingerprint density at radius 3 is 2.55 bits per heavy atom. The molecule has 2 aliphatic heterocycles. The van der Waals surface area contributed by atoms with Crippen molar-refractivity contribution in [2.45, 2.75) is 88.4 Å². The molecule has 1 spiro atoms. The third-order valence-electron chi connectivity index (χ3n) is 6.72. The summed E-state index contributed by atoms with van der Waals surface area (Å²) >= 11 is 0. The maximum Gasteiger partial charge on any atom is 0.338 e. The van der Waals surface area contributed by atoms with Gasteiger partial charge in [-0.3, -0.25) is 0 Å². The molecular formula is C23H30O6. The summed E-state index contributed by atoms with van der Waals surface area (Å²) in [5.41, 5.74) is 0.361. The number of hydrogen-bond donors (Lipinski definition) is 0. The number of fused-ring (bicyclic) bond motifs is 1. The van der Waals surface area contributed by atoms with Gasteiger partial charge in [0.2, 0.25) is 0 Å². The molecule has 4 aliphatic rings. The molecule has 0 amide bonds. The smallest absolute Gasteiger partial charge is 0.338 e. The van der Waals surface area contributed by atoms with Crippen molar-refractivity contribution in [3.63, 3.8) is 0 Å². The van der Waals surface area contributed by atoms with E-state index < -0.39 is 11.9 Å². The Kier molecular flexibility index (Phi) is 4.93. The lowest BCUT2D eigenvalue weighted by molar-refractivity contribution is -0.194. The van der Waals surface area contributed by atoms with E-state index in [-0.39, 0.29) is 36.0 Å². The largest absolute Gasteiger partial charge is 0.455 e. The lowest BCUT2D eigenvalue weighted by Crippen LogP contribution is -2.41. The summed E-state index contributed by atoms with van der Waals surface area (Å²) in [6, 6.07) is 9.07. The first-order chi connectivity index (χ1) is 13.9. The van der Waals surface area contributed by atoms with Crippen LogP contribution < -0.4 is 0 Å². The van der Waals surface area contributed by atoms with Crippen LogP contribution in [0.4, 0.5) is 0 Å². The molecule has 5 atom stereocenters. The van der Waals surface area contributed by atoms with Crippen molar-refractivity contribution in [2.75, 3.05) is 6.61 Å². The molecule has 2 heterocycles. The van der Waals surface area contributed by atoms with Crippen LogP contribution in [0.2, 0.25) is 0 Å². The molecule has 1 aromatic carbocycles. The molecule has 6 nitrogen and oxygen atoms in total. The Balaban J connectivity index is 1.35.